The van der Waals surface area contributed by atoms with Crippen LogP contribution in [0.5, 0.6) is 0 Å². The number of hydrogen-bond acceptors (Lipinski definition) is 2. The first-order chi connectivity index (χ1) is 5.18. The molecule has 0 aromatic carbocycles. The Balaban J connectivity index is 2.37. The third-order valence-electron chi connectivity index (χ3n) is 2.83. The quantitative estimate of drug-likeness (QED) is 0.515. The van der Waals surface area contributed by atoms with Crippen LogP contribution in [-0.4, -0.2) is 17.5 Å². The zero-order valence-electron chi connectivity index (χ0n) is 7.00. The number of fused-ring (bicyclic) bond motifs is 2. The molecule has 0 aromatic rings. The molecule has 2 heteroatoms. The van der Waals surface area contributed by atoms with Crippen molar-refractivity contribution in [3.63, 3.8) is 0 Å². The topological polar surface area (TPSA) is 29.4 Å². The Labute approximate surface area is 66.7 Å². The first-order valence-corrected chi connectivity index (χ1v) is 4.25. The van der Waals surface area contributed by atoms with Crippen molar-refractivity contribution in [3.05, 3.63) is 0 Å². The lowest BCUT2D eigenvalue weighted by Gasteiger charge is -2.36. The Kier molecular flexibility index (Phi) is 1.38. The van der Waals surface area contributed by atoms with Gasteiger partial charge in [0, 0.05) is 12.1 Å². The average molecular weight is 151 g/mol. The third kappa shape index (κ3) is 0.924. The van der Waals surface area contributed by atoms with Crippen LogP contribution in [0.4, 0.5) is 0 Å². The second-order valence-electron chi connectivity index (χ2n) is 3.79. The highest BCUT2D eigenvalue weighted by Crippen LogP contribution is 2.34. The van der Waals surface area contributed by atoms with E-state index in [1.165, 1.54) is 0 Å². The second-order valence-corrected chi connectivity index (χ2v) is 3.79. The van der Waals surface area contributed by atoms with Crippen LogP contribution in [0.15, 0.2) is 4.99 Å². The fourth-order valence-electron chi connectivity index (χ4n) is 2.44. The van der Waals surface area contributed by atoms with Gasteiger partial charge >= 0.3 is 0 Å². The van der Waals surface area contributed by atoms with Crippen molar-refractivity contribution in [2.45, 2.75) is 32.7 Å². The summed E-state index contributed by atoms with van der Waals surface area (Å²) in [5.74, 6) is 1.12. The van der Waals surface area contributed by atoms with E-state index in [1.807, 2.05) is 6.92 Å². The zero-order valence-corrected chi connectivity index (χ0v) is 7.00. The molecule has 60 valence electrons. The Hall–Kier alpha value is -0.660. The van der Waals surface area contributed by atoms with Crippen LogP contribution < -0.4 is 0 Å². The van der Waals surface area contributed by atoms with E-state index in [0.29, 0.717) is 24.2 Å². The van der Waals surface area contributed by atoms with Gasteiger partial charge in [-0.15, -0.1) is 0 Å². The van der Waals surface area contributed by atoms with Crippen LogP contribution in [0.1, 0.15) is 26.7 Å². The standard InChI is InChI=1S/C9H13NO/c1-5-3-7-4-8(11)9(5)6(2)10-7/h5,7,9H,3-4H2,1-2H3/t5-,7-,9-/m1/s1. The van der Waals surface area contributed by atoms with Gasteiger partial charge in [0.2, 0.25) is 0 Å². The molecule has 11 heavy (non-hydrogen) atoms. The molecule has 0 aromatic heterocycles. The van der Waals surface area contributed by atoms with Crippen molar-refractivity contribution >= 4 is 11.5 Å². The first kappa shape index (κ1) is 7.01. The molecule has 1 fully saturated rings. The fourth-order valence-corrected chi connectivity index (χ4v) is 2.44. The van der Waals surface area contributed by atoms with Gasteiger partial charge in [-0.2, -0.15) is 0 Å². The molecule has 1 aliphatic carbocycles. The summed E-state index contributed by atoms with van der Waals surface area (Å²) in [4.78, 5) is 15.8. The lowest BCUT2D eigenvalue weighted by molar-refractivity contribution is -0.124. The Bertz CT molecular complexity index is 232. The van der Waals surface area contributed by atoms with Crippen molar-refractivity contribution in [2.24, 2.45) is 16.8 Å². The number of hydrogen-bond donors (Lipinski definition) is 0. The van der Waals surface area contributed by atoms with Gasteiger partial charge in [0.15, 0.2) is 0 Å². The van der Waals surface area contributed by atoms with Crippen molar-refractivity contribution in [3.8, 4) is 0 Å². The monoisotopic (exact) mass is 151 g/mol. The molecule has 1 saturated carbocycles. The van der Waals surface area contributed by atoms with Gasteiger partial charge in [0.05, 0.1) is 12.0 Å². The van der Waals surface area contributed by atoms with E-state index in [9.17, 15) is 4.79 Å². The molecular formula is C9H13NO. The van der Waals surface area contributed by atoms with E-state index < -0.39 is 0 Å². The molecular weight excluding hydrogens is 138 g/mol. The van der Waals surface area contributed by atoms with Crippen LogP contribution in [0, 0.1) is 11.8 Å². The van der Waals surface area contributed by atoms with E-state index in [4.69, 9.17) is 0 Å². The zero-order chi connectivity index (χ0) is 8.01. The minimum atomic E-state index is 0.167. The van der Waals surface area contributed by atoms with Crippen molar-refractivity contribution < 1.29 is 4.79 Å². The number of nitrogens with zero attached hydrogens (tertiary/aromatic N) is 1. The van der Waals surface area contributed by atoms with Crippen LogP contribution >= 0.6 is 0 Å². The number of carbonyl (C=O) groups excluding carboxylic acids is 1. The SMILES string of the molecule is CC1=N[C@H]2CC(=O)[C@@H]1[C@H](C)C2. The minimum absolute atomic E-state index is 0.167. The molecule has 3 rings (SSSR count). The fraction of sp³-hybridized carbons (Fsp3) is 0.778. The number of rotatable bonds is 0. The lowest BCUT2D eigenvalue weighted by Crippen LogP contribution is -2.42. The molecule has 2 aliphatic heterocycles. The first-order valence-electron chi connectivity index (χ1n) is 4.25. The largest absolute Gasteiger partial charge is 0.299 e. The summed E-state index contributed by atoms with van der Waals surface area (Å²) in [6, 6.07) is 0.322. The highest BCUT2D eigenvalue weighted by Gasteiger charge is 2.39. The van der Waals surface area contributed by atoms with Gasteiger partial charge in [-0.05, 0) is 19.3 Å². The summed E-state index contributed by atoms with van der Waals surface area (Å²) in [6.07, 6.45) is 1.82. The van der Waals surface area contributed by atoms with Crippen molar-refractivity contribution in [1.29, 1.82) is 0 Å². The Morgan fingerprint density at radius 3 is 2.64 bits per heavy atom. The molecule has 2 heterocycles. The molecule has 0 unspecified atom stereocenters. The molecule has 3 aliphatic rings. The van der Waals surface area contributed by atoms with Crippen LogP contribution in [0.2, 0.25) is 0 Å². The summed E-state index contributed by atoms with van der Waals surface area (Å²) in [5.41, 5.74) is 1.07. The van der Waals surface area contributed by atoms with Crippen LogP contribution in [0.3, 0.4) is 0 Å². The van der Waals surface area contributed by atoms with Crippen LogP contribution in [-0.2, 0) is 4.79 Å². The lowest BCUT2D eigenvalue weighted by atomic mass is 9.72. The third-order valence-corrected chi connectivity index (χ3v) is 2.83. The Morgan fingerprint density at radius 2 is 2.27 bits per heavy atom. The van der Waals surface area contributed by atoms with E-state index in [2.05, 4.69) is 11.9 Å². The summed E-state index contributed by atoms with van der Waals surface area (Å²) < 4.78 is 0. The van der Waals surface area contributed by atoms with Gasteiger partial charge in [-0.1, -0.05) is 6.92 Å². The summed E-state index contributed by atoms with van der Waals surface area (Å²) in [5, 5.41) is 0. The second kappa shape index (κ2) is 2.16. The van der Waals surface area contributed by atoms with Gasteiger partial charge in [0.25, 0.3) is 0 Å². The van der Waals surface area contributed by atoms with Crippen LogP contribution in [0.25, 0.3) is 0 Å². The highest BCUT2D eigenvalue weighted by molar-refractivity contribution is 6.07. The maximum Gasteiger partial charge on any atom is 0.143 e. The van der Waals surface area contributed by atoms with E-state index >= 15 is 0 Å². The maximum atomic E-state index is 11.4. The number of aliphatic imine (C=N–C) groups is 1. The molecule has 2 bridgehead atoms. The van der Waals surface area contributed by atoms with E-state index in [0.717, 1.165) is 12.1 Å². The predicted molar refractivity (Wildman–Crippen MR) is 43.8 cm³/mol. The molecule has 0 N–H and O–H groups in total. The predicted octanol–water partition coefficient (Wildman–Crippen LogP) is 1.44. The number of Topliss-reactive ketones (excluding diaryl/α,β-unsaturated/α-hetero) is 1. The van der Waals surface area contributed by atoms with Gasteiger partial charge in [0.1, 0.15) is 5.78 Å². The van der Waals surface area contributed by atoms with Crippen molar-refractivity contribution in [2.75, 3.05) is 0 Å². The summed E-state index contributed by atoms with van der Waals surface area (Å²) in [7, 11) is 0. The molecule has 0 spiro atoms. The van der Waals surface area contributed by atoms with Crippen molar-refractivity contribution in [1.82, 2.24) is 0 Å². The molecule has 0 radical (unpaired) electrons. The summed E-state index contributed by atoms with van der Waals surface area (Å²) >= 11 is 0. The summed E-state index contributed by atoms with van der Waals surface area (Å²) in [6.45, 7) is 4.15. The van der Waals surface area contributed by atoms with E-state index in [-0.39, 0.29) is 5.92 Å². The molecule has 0 amide bonds. The molecule has 3 atom stereocenters. The molecule has 2 nitrogen and oxygen atoms in total. The van der Waals surface area contributed by atoms with Gasteiger partial charge in [-0.25, -0.2) is 0 Å². The van der Waals surface area contributed by atoms with E-state index in [1.54, 1.807) is 0 Å². The highest BCUT2D eigenvalue weighted by atomic mass is 16.1. The normalized spacial score (nSPS) is 42.5. The maximum absolute atomic E-state index is 11.4. The Morgan fingerprint density at radius 1 is 1.55 bits per heavy atom. The average Bonchev–Trinajstić information content (AvgIpc) is 1.82. The smallest absolute Gasteiger partial charge is 0.143 e. The van der Waals surface area contributed by atoms with Gasteiger partial charge in [-0.3, -0.25) is 9.79 Å². The minimum Gasteiger partial charge on any atom is -0.299 e. The van der Waals surface area contributed by atoms with Gasteiger partial charge < -0.3 is 0 Å². The number of ketones is 1. The molecule has 0 saturated heterocycles. The number of carbonyl (C=O) groups is 1.